The highest BCUT2D eigenvalue weighted by molar-refractivity contribution is 7.99. The maximum absolute atomic E-state index is 12.8. The summed E-state index contributed by atoms with van der Waals surface area (Å²) in [6, 6.07) is 20.1. The summed E-state index contributed by atoms with van der Waals surface area (Å²) >= 11 is 1.60. The summed E-state index contributed by atoms with van der Waals surface area (Å²) in [5, 5.41) is 14.6. The van der Waals surface area contributed by atoms with Crippen molar-refractivity contribution >= 4 is 44.6 Å². The number of benzene rings is 3. The summed E-state index contributed by atoms with van der Waals surface area (Å²) in [5.74, 6) is -0.139. The Labute approximate surface area is 220 Å². The lowest BCUT2D eigenvalue weighted by atomic mass is 9.93. The molecule has 2 N–H and O–H groups in total. The number of carbonyl (C=O) groups is 1. The fourth-order valence-corrected chi connectivity index (χ4v) is 5.81. The predicted molar refractivity (Wildman–Crippen MR) is 146 cm³/mol. The lowest BCUT2D eigenvalue weighted by Gasteiger charge is -2.13. The number of sulfonamides is 1. The summed E-state index contributed by atoms with van der Waals surface area (Å²) in [5.41, 5.74) is 2.25. The predicted octanol–water partition coefficient (Wildman–Crippen LogP) is 5.88. The molecule has 1 aliphatic rings. The van der Waals surface area contributed by atoms with Crippen molar-refractivity contribution in [3.05, 3.63) is 100 Å². The molecule has 3 aromatic carbocycles. The number of allylic oxidation sites excluding steroid dienone is 2. The van der Waals surface area contributed by atoms with Crippen molar-refractivity contribution in [1.29, 1.82) is 0 Å². The van der Waals surface area contributed by atoms with E-state index in [2.05, 4.69) is 11.4 Å². The summed E-state index contributed by atoms with van der Waals surface area (Å²) in [6.07, 6.45) is 6.50. The minimum Gasteiger partial charge on any atom is -0.379 e. The molecule has 0 bridgehead atoms. The number of carbonyl (C=O) groups excluding carboxylic acids is 1. The third-order valence-corrected chi connectivity index (χ3v) is 8.28. The molecule has 0 aliphatic heterocycles. The van der Waals surface area contributed by atoms with Crippen molar-refractivity contribution in [2.75, 3.05) is 17.6 Å². The van der Waals surface area contributed by atoms with Crippen molar-refractivity contribution < 1.29 is 18.1 Å². The van der Waals surface area contributed by atoms with Crippen LogP contribution in [0.3, 0.4) is 0 Å². The van der Waals surface area contributed by atoms with Crippen molar-refractivity contribution in [2.24, 2.45) is 0 Å². The van der Waals surface area contributed by atoms with Crippen molar-refractivity contribution in [3.8, 4) is 0 Å². The van der Waals surface area contributed by atoms with Gasteiger partial charge in [0.25, 0.3) is 21.6 Å². The maximum Gasteiger partial charge on any atom is 0.293 e. The Kier molecular flexibility index (Phi) is 8.62. The van der Waals surface area contributed by atoms with Crippen LogP contribution in [0.15, 0.2) is 88.7 Å². The van der Waals surface area contributed by atoms with Crippen molar-refractivity contribution in [3.63, 3.8) is 0 Å². The third kappa shape index (κ3) is 6.99. The second-order valence-corrected chi connectivity index (χ2v) is 11.4. The minimum absolute atomic E-state index is 0.187. The number of nitrogens with one attached hydrogen (secondary N) is 2. The first kappa shape index (κ1) is 26.4. The van der Waals surface area contributed by atoms with Crippen LogP contribution in [0.5, 0.6) is 0 Å². The van der Waals surface area contributed by atoms with Gasteiger partial charge in [-0.25, -0.2) is 13.1 Å². The molecule has 0 aromatic heterocycles. The SMILES string of the molecule is O=C(NS(=O)(=O)c1ccc(NCCSc2ccccc2)c([N+](=O)[O-])c1)c1ccc(C2=CCCCC2)cc1. The molecule has 37 heavy (non-hydrogen) atoms. The molecular weight excluding hydrogens is 510 g/mol. The van der Waals surface area contributed by atoms with Crippen LogP contribution < -0.4 is 10.0 Å². The van der Waals surface area contributed by atoms with Crippen LogP contribution >= 0.6 is 11.8 Å². The molecule has 0 heterocycles. The minimum atomic E-state index is -4.32. The van der Waals surface area contributed by atoms with Crippen LogP contribution in [-0.4, -0.2) is 31.5 Å². The van der Waals surface area contributed by atoms with E-state index in [0.717, 1.165) is 35.8 Å². The highest BCUT2D eigenvalue weighted by Gasteiger charge is 2.24. The van der Waals surface area contributed by atoms with E-state index in [9.17, 15) is 23.3 Å². The molecule has 8 nitrogen and oxygen atoms in total. The summed E-state index contributed by atoms with van der Waals surface area (Å²) < 4.78 is 27.7. The Morgan fingerprint density at radius 2 is 1.76 bits per heavy atom. The maximum atomic E-state index is 12.8. The molecule has 0 saturated heterocycles. The van der Waals surface area contributed by atoms with Crippen LogP contribution in [0.2, 0.25) is 0 Å². The average Bonchev–Trinajstić information content (AvgIpc) is 2.92. The molecule has 0 atom stereocenters. The second kappa shape index (κ2) is 12.1. The summed E-state index contributed by atoms with van der Waals surface area (Å²) in [4.78, 5) is 24.4. The largest absolute Gasteiger partial charge is 0.379 e. The lowest BCUT2D eigenvalue weighted by Crippen LogP contribution is -2.30. The second-order valence-electron chi connectivity index (χ2n) is 8.51. The highest BCUT2D eigenvalue weighted by atomic mass is 32.2. The molecule has 4 rings (SSSR count). The van der Waals surface area contributed by atoms with Crippen molar-refractivity contribution in [1.82, 2.24) is 4.72 Å². The van der Waals surface area contributed by atoms with Crippen LogP contribution in [-0.2, 0) is 10.0 Å². The molecule has 0 saturated carbocycles. The molecule has 1 amide bonds. The third-order valence-electron chi connectivity index (χ3n) is 5.94. The van der Waals surface area contributed by atoms with E-state index in [1.165, 1.54) is 24.1 Å². The summed E-state index contributed by atoms with van der Waals surface area (Å²) in [6.45, 7) is 0.441. The number of thioether (sulfide) groups is 1. The van der Waals surface area contributed by atoms with Gasteiger partial charge in [-0.2, -0.15) is 0 Å². The molecule has 0 spiro atoms. The van der Waals surface area contributed by atoms with Gasteiger partial charge in [-0.15, -0.1) is 11.8 Å². The van der Waals surface area contributed by atoms with Gasteiger partial charge in [-0.3, -0.25) is 14.9 Å². The molecule has 192 valence electrons. The van der Waals surface area contributed by atoms with E-state index in [1.807, 2.05) is 35.1 Å². The van der Waals surface area contributed by atoms with E-state index >= 15 is 0 Å². The van der Waals surface area contributed by atoms with Crippen LogP contribution in [0.1, 0.15) is 41.6 Å². The van der Waals surface area contributed by atoms with E-state index in [0.29, 0.717) is 12.3 Å². The quantitative estimate of drug-likeness (QED) is 0.144. The van der Waals surface area contributed by atoms with Crippen LogP contribution in [0.4, 0.5) is 11.4 Å². The highest BCUT2D eigenvalue weighted by Crippen LogP contribution is 2.29. The first-order chi connectivity index (χ1) is 17.8. The number of nitro groups is 1. The number of nitro benzene ring substituents is 1. The fraction of sp³-hybridized carbons (Fsp3) is 0.222. The zero-order chi connectivity index (χ0) is 26.3. The first-order valence-electron chi connectivity index (χ1n) is 11.9. The molecule has 10 heteroatoms. The number of amides is 1. The number of hydrogen-bond acceptors (Lipinski definition) is 7. The molecule has 3 aromatic rings. The van der Waals surface area contributed by atoms with Crippen LogP contribution in [0, 0.1) is 10.1 Å². The molecule has 1 aliphatic carbocycles. The van der Waals surface area contributed by atoms with E-state index in [4.69, 9.17) is 0 Å². The van der Waals surface area contributed by atoms with Gasteiger partial charge < -0.3 is 5.32 Å². The van der Waals surface area contributed by atoms with E-state index < -0.39 is 20.9 Å². The molecular formula is C27H27N3O5S2. The Morgan fingerprint density at radius 1 is 1.00 bits per heavy atom. The zero-order valence-electron chi connectivity index (χ0n) is 20.1. The van der Waals surface area contributed by atoms with Gasteiger partial charge in [0.15, 0.2) is 0 Å². The number of nitrogens with zero attached hydrogens (tertiary/aromatic N) is 1. The van der Waals surface area contributed by atoms with E-state index in [-0.39, 0.29) is 21.8 Å². The Bertz CT molecular complexity index is 1410. The van der Waals surface area contributed by atoms with Gasteiger partial charge in [-0.1, -0.05) is 36.4 Å². The topological polar surface area (TPSA) is 118 Å². The first-order valence-corrected chi connectivity index (χ1v) is 14.4. The van der Waals surface area contributed by atoms with Gasteiger partial charge in [0.1, 0.15) is 5.69 Å². The van der Waals surface area contributed by atoms with Gasteiger partial charge in [0.05, 0.1) is 9.82 Å². The smallest absolute Gasteiger partial charge is 0.293 e. The molecule has 0 radical (unpaired) electrons. The number of anilines is 1. The van der Waals surface area contributed by atoms with Gasteiger partial charge in [-0.05, 0) is 73.2 Å². The lowest BCUT2D eigenvalue weighted by molar-refractivity contribution is -0.384. The summed E-state index contributed by atoms with van der Waals surface area (Å²) in [7, 11) is -4.32. The van der Waals surface area contributed by atoms with Gasteiger partial charge >= 0.3 is 0 Å². The van der Waals surface area contributed by atoms with E-state index in [1.54, 1.807) is 36.0 Å². The number of rotatable bonds is 10. The van der Waals surface area contributed by atoms with Crippen LogP contribution in [0.25, 0.3) is 5.57 Å². The normalized spacial score (nSPS) is 13.5. The molecule has 0 fully saturated rings. The average molecular weight is 538 g/mol. The molecule has 0 unspecified atom stereocenters. The zero-order valence-corrected chi connectivity index (χ0v) is 21.7. The Balaban J connectivity index is 1.41. The fourth-order valence-electron chi connectivity index (χ4n) is 4.03. The van der Waals surface area contributed by atoms with Gasteiger partial charge in [0.2, 0.25) is 0 Å². The Hall–Kier alpha value is -3.63. The monoisotopic (exact) mass is 537 g/mol. The van der Waals surface area contributed by atoms with Crippen molar-refractivity contribution in [2.45, 2.75) is 35.5 Å². The van der Waals surface area contributed by atoms with Gasteiger partial charge in [0, 0.05) is 28.8 Å². The number of hydrogen-bond donors (Lipinski definition) is 2. The Morgan fingerprint density at radius 3 is 2.43 bits per heavy atom. The standard InChI is InChI=1S/C27H27N3O5S2/c31-27(22-13-11-21(12-14-22)20-7-3-1-4-8-20)29-37(34,35)24-15-16-25(26(19-24)30(32)33)28-17-18-36-23-9-5-2-6-10-23/h2,5-7,9-16,19,28H,1,3-4,8,17-18H2,(H,29,31).